The lowest BCUT2D eigenvalue weighted by atomic mass is 9.81. The van der Waals surface area contributed by atoms with Gasteiger partial charge in [-0.3, -0.25) is 9.97 Å². The fourth-order valence-corrected chi connectivity index (χ4v) is 8.46. The lowest BCUT2D eigenvalue weighted by molar-refractivity contribution is 0.591. The number of aryl methyl sites for hydroxylation is 1. The van der Waals surface area contributed by atoms with Gasteiger partial charge >= 0.3 is 0 Å². The smallest absolute Gasteiger partial charge is 0.0701 e. The summed E-state index contributed by atoms with van der Waals surface area (Å²) in [5.74, 6) is 0. The quantitative estimate of drug-likeness (QED) is 0.119. The molecule has 0 bridgehead atoms. The number of benzene rings is 8. The average molecular weight is 785 g/mol. The molecule has 2 heterocycles. The summed E-state index contributed by atoms with van der Waals surface area (Å²) in [4.78, 5) is 8.74. The second-order valence-corrected chi connectivity index (χ2v) is 16.8. The van der Waals surface area contributed by atoms with Gasteiger partial charge in [0.15, 0.2) is 0 Å². The first-order valence-electron chi connectivity index (χ1n) is 20.9. The van der Waals surface area contributed by atoms with Crippen molar-refractivity contribution in [2.24, 2.45) is 0 Å². The zero-order chi connectivity index (χ0) is 42.1. The molecule has 0 unspecified atom stereocenters. The summed E-state index contributed by atoms with van der Waals surface area (Å²) in [6, 6.07) is 61.6. The summed E-state index contributed by atoms with van der Waals surface area (Å²) < 4.78 is 0. The second-order valence-electron chi connectivity index (χ2n) is 16.8. The van der Waals surface area contributed by atoms with Crippen molar-refractivity contribution in [3.05, 3.63) is 224 Å². The molecule has 2 heteroatoms. The molecule has 0 saturated carbocycles. The third-order valence-corrected chi connectivity index (χ3v) is 11.9. The third kappa shape index (κ3) is 7.77. The number of rotatable bonds is 7. The Morgan fingerprint density at radius 2 is 0.984 bits per heavy atom. The fraction of sp³-hybridized carbons (Fsp3) is 0.0847. The minimum atomic E-state index is 0.0667. The Hall–Kier alpha value is -7.42. The molecule has 0 spiro atoms. The maximum absolute atomic E-state index is 4.58. The lowest BCUT2D eigenvalue weighted by Crippen LogP contribution is -2.10. The fourth-order valence-electron chi connectivity index (χ4n) is 8.46. The van der Waals surface area contributed by atoms with Crippen LogP contribution in [0.1, 0.15) is 37.5 Å². The molecule has 0 aliphatic rings. The number of allylic oxidation sites excluding steroid dienone is 2. The van der Waals surface area contributed by atoms with Crippen LogP contribution in [-0.4, -0.2) is 9.97 Å². The van der Waals surface area contributed by atoms with Gasteiger partial charge in [0.25, 0.3) is 0 Å². The zero-order valence-corrected chi connectivity index (χ0v) is 35.3. The van der Waals surface area contributed by atoms with Crippen LogP contribution in [0.15, 0.2) is 208 Å². The maximum atomic E-state index is 4.58. The van der Waals surface area contributed by atoms with Gasteiger partial charge in [0.2, 0.25) is 0 Å². The summed E-state index contributed by atoms with van der Waals surface area (Å²) in [7, 11) is 0. The molecule has 8 aromatic carbocycles. The van der Waals surface area contributed by atoms with Crippen LogP contribution < -0.4 is 0 Å². The molecule has 2 aromatic heterocycles. The van der Waals surface area contributed by atoms with Crippen molar-refractivity contribution in [2.75, 3.05) is 0 Å². The van der Waals surface area contributed by atoms with Crippen molar-refractivity contribution in [3.63, 3.8) is 0 Å². The Balaban J connectivity index is 0.000000379. The Kier molecular flexibility index (Phi) is 10.5. The second kappa shape index (κ2) is 16.3. The number of aromatic nitrogens is 2. The molecule has 294 valence electrons. The topological polar surface area (TPSA) is 25.8 Å². The van der Waals surface area contributed by atoms with E-state index in [0.29, 0.717) is 0 Å². The lowest BCUT2D eigenvalue weighted by Gasteiger charge is -2.23. The van der Waals surface area contributed by atoms with E-state index in [1.807, 2.05) is 55.0 Å². The van der Waals surface area contributed by atoms with E-state index in [1.54, 1.807) is 6.08 Å². The monoisotopic (exact) mass is 784 g/mol. The highest BCUT2D eigenvalue weighted by Crippen LogP contribution is 2.45. The van der Waals surface area contributed by atoms with Crippen LogP contribution in [-0.2, 0) is 5.41 Å². The van der Waals surface area contributed by atoms with Crippen molar-refractivity contribution in [3.8, 4) is 55.8 Å². The summed E-state index contributed by atoms with van der Waals surface area (Å²) in [5.41, 5.74) is 16.6. The van der Waals surface area contributed by atoms with Gasteiger partial charge < -0.3 is 0 Å². The average Bonchev–Trinajstić information content (AvgIpc) is 3.31. The van der Waals surface area contributed by atoms with Crippen LogP contribution in [0.5, 0.6) is 0 Å². The predicted molar refractivity (Wildman–Crippen MR) is 262 cm³/mol. The Morgan fingerprint density at radius 3 is 1.48 bits per heavy atom. The molecule has 0 aliphatic carbocycles. The summed E-state index contributed by atoms with van der Waals surface area (Å²) in [6.45, 7) is 16.5. The number of pyridine rings is 2. The van der Waals surface area contributed by atoms with Crippen LogP contribution in [0.3, 0.4) is 0 Å². The summed E-state index contributed by atoms with van der Waals surface area (Å²) in [5, 5.41) is 7.82. The van der Waals surface area contributed by atoms with Gasteiger partial charge in [-0.1, -0.05) is 180 Å². The summed E-state index contributed by atoms with van der Waals surface area (Å²) >= 11 is 0. The van der Waals surface area contributed by atoms with Gasteiger partial charge in [0, 0.05) is 24.2 Å². The molecule has 2 nitrogen and oxygen atoms in total. The highest BCUT2D eigenvalue weighted by Gasteiger charge is 2.20. The first-order chi connectivity index (χ1) is 29.7. The summed E-state index contributed by atoms with van der Waals surface area (Å²) in [6.07, 6.45) is 7.31. The minimum absolute atomic E-state index is 0.0667. The van der Waals surface area contributed by atoms with Crippen molar-refractivity contribution in [2.45, 2.75) is 33.1 Å². The number of hydrogen-bond acceptors (Lipinski definition) is 2. The van der Waals surface area contributed by atoms with Gasteiger partial charge in [-0.05, 0) is 142 Å². The molecule has 61 heavy (non-hydrogen) atoms. The van der Waals surface area contributed by atoms with Crippen molar-refractivity contribution >= 4 is 37.9 Å². The molecule has 0 radical (unpaired) electrons. The van der Waals surface area contributed by atoms with E-state index in [9.17, 15) is 0 Å². The van der Waals surface area contributed by atoms with Gasteiger partial charge in [0.1, 0.15) is 0 Å². The van der Waals surface area contributed by atoms with Gasteiger partial charge in [-0.2, -0.15) is 0 Å². The van der Waals surface area contributed by atoms with E-state index >= 15 is 0 Å². The van der Waals surface area contributed by atoms with E-state index in [-0.39, 0.29) is 5.41 Å². The van der Waals surface area contributed by atoms with E-state index in [4.69, 9.17) is 0 Å². The molecule has 10 rings (SSSR count). The Morgan fingerprint density at radius 1 is 0.492 bits per heavy atom. The highest BCUT2D eigenvalue weighted by atomic mass is 14.7. The molecule has 0 atom stereocenters. The van der Waals surface area contributed by atoms with Crippen molar-refractivity contribution in [1.29, 1.82) is 0 Å². The first-order valence-corrected chi connectivity index (χ1v) is 20.9. The Labute approximate surface area is 359 Å². The minimum Gasteiger partial charge on any atom is -0.265 e. The molecule has 0 fully saturated rings. The highest BCUT2D eigenvalue weighted by molar-refractivity contribution is 6.28. The van der Waals surface area contributed by atoms with Crippen LogP contribution >= 0.6 is 0 Å². The third-order valence-electron chi connectivity index (χ3n) is 11.9. The maximum Gasteiger partial charge on any atom is 0.0701 e. The molecule has 0 amide bonds. The zero-order valence-electron chi connectivity index (χ0n) is 35.3. The van der Waals surface area contributed by atoms with E-state index in [2.05, 4.69) is 184 Å². The van der Waals surface area contributed by atoms with Gasteiger partial charge in [0.05, 0.1) is 5.69 Å². The first kappa shape index (κ1) is 39.1. The molecule has 0 N–H and O–H groups in total. The van der Waals surface area contributed by atoms with E-state index in [0.717, 1.165) is 16.8 Å². The van der Waals surface area contributed by atoms with Gasteiger partial charge in [-0.25, -0.2) is 0 Å². The van der Waals surface area contributed by atoms with Crippen LogP contribution in [0.2, 0.25) is 0 Å². The number of hydrogen-bond donors (Lipinski definition) is 0. The van der Waals surface area contributed by atoms with Crippen LogP contribution in [0.4, 0.5) is 0 Å². The SMILES string of the molecule is C=CC(=C)c1ccccc1C.CC(C)(C)c1cc2ccc3c(-c4ccc(-c5ccc(-c6ccncc6)cc5)cc4)cc(-c4ccc(-c5ccccn5)cc4)c4ccc(c1)c2c34. The standard InChI is InChI=1S/C48H36N2.C11H12/c1-48(2,3)40-28-38-19-21-41-43(35-13-11-32(12-14-35)31-7-9-33(10-8-31)34-23-26-49-27-24-34)30-44(42-22-20-39(29-40)46(38)47(41)42)36-15-17-37(18-16-36)45-6-4-5-25-50-45;1-4-9(2)11-8-6-5-7-10(11)3/h4-30H,1-3H3;4-8H,1-2H2,3H3. The molecule has 10 aromatic rings. The predicted octanol–water partition coefficient (Wildman–Crippen LogP) is 16.2. The number of nitrogens with zero attached hydrogens (tertiary/aromatic N) is 2. The van der Waals surface area contributed by atoms with Crippen LogP contribution in [0.25, 0.3) is 93.7 Å². The van der Waals surface area contributed by atoms with Crippen LogP contribution in [0, 0.1) is 6.92 Å². The molecular formula is C59H48N2. The largest absolute Gasteiger partial charge is 0.265 e. The normalized spacial score (nSPS) is 11.4. The van der Waals surface area contributed by atoms with E-state index in [1.165, 1.54) is 93.5 Å². The van der Waals surface area contributed by atoms with Crippen molar-refractivity contribution in [1.82, 2.24) is 9.97 Å². The van der Waals surface area contributed by atoms with E-state index < -0.39 is 0 Å². The molecule has 0 saturated heterocycles. The van der Waals surface area contributed by atoms with Crippen molar-refractivity contribution < 1.29 is 0 Å². The molecule has 0 aliphatic heterocycles. The van der Waals surface area contributed by atoms with Gasteiger partial charge in [-0.15, -0.1) is 0 Å². The Bertz CT molecular complexity index is 3130. The molecular weight excluding hydrogens is 737 g/mol.